The molecule has 3 aromatic rings. The molecule has 0 unspecified atom stereocenters. The molecule has 27 heavy (non-hydrogen) atoms. The van der Waals surface area contributed by atoms with E-state index in [9.17, 15) is 9.59 Å². The molecule has 1 aliphatic heterocycles. The fraction of sp³-hybridized carbons (Fsp3) is 0.333. The highest BCUT2D eigenvalue weighted by Crippen LogP contribution is 2.31. The number of aromatic nitrogens is 3. The van der Waals surface area contributed by atoms with Gasteiger partial charge in [0.2, 0.25) is 5.91 Å². The summed E-state index contributed by atoms with van der Waals surface area (Å²) in [4.78, 5) is 35.9. The molecule has 0 radical (unpaired) electrons. The highest BCUT2D eigenvalue weighted by molar-refractivity contribution is 5.77. The van der Waals surface area contributed by atoms with Crippen LogP contribution in [0.15, 0.2) is 59.8 Å². The fourth-order valence-electron chi connectivity index (χ4n) is 3.76. The van der Waals surface area contributed by atoms with E-state index in [2.05, 4.69) is 9.97 Å². The quantitative estimate of drug-likeness (QED) is 0.700. The van der Waals surface area contributed by atoms with E-state index in [0.29, 0.717) is 30.3 Å². The molecule has 0 N–H and O–H groups in total. The Labute approximate surface area is 157 Å². The van der Waals surface area contributed by atoms with Crippen LogP contribution in [0.5, 0.6) is 0 Å². The van der Waals surface area contributed by atoms with Gasteiger partial charge in [0.25, 0.3) is 5.56 Å². The summed E-state index contributed by atoms with van der Waals surface area (Å²) < 4.78 is 1.59. The molecule has 6 heteroatoms. The fourth-order valence-corrected chi connectivity index (χ4v) is 3.76. The molecule has 0 saturated carbocycles. The third kappa shape index (κ3) is 3.60. The predicted molar refractivity (Wildman–Crippen MR) is 103 cm³/mol. The first-order chi connectivity index (χ1) is 13.2. The Balaban J connectivity index is 1.40. The van der Waals surface area contributed by atoms with Gasteiger partial charge in [-0.1, -0.05) is 18.2 Å². The van der Waals surface area contributed by atoms with Crippen LogP contribution in [0.4, 0.5) is 0 Å². The van der Waals surface area contributed by atoms with Gasteiger partial charge >= 0.3 is 0 Å². The van der Waals surface area contributed by atoms with Crippen LogP contribution >= 0.6 is 0 Å². The van der Waals surface area contributed by atoms with Crippen molar-refractivity contribution in [3.8, 4) is 0 Å². The summed E-state index contributed by atoms with van der Waals surface area (Å²) in [6.07, 6.45) is 6.34. The zero-order valence-electron chi connectivity index (χ0n) is 15.1. The normalized spacial score (nSPS) is 16.7. The van der Waals surface area contributed by atoms with Crippen LogP contribution in [0.25, 0.3) is 10.9 Å². The van der Waals surface area contributed by atoms with Crippen LogP contribution in [-0.4, -0.2) is 31.9 Å². The lowest BCUT2D eigenvalue weighted by atomic mass is 10.1. The number of benzene rings is 1. The maximum atomic E-state index is 12.7. The van der Waals surface area contributed by atoms with Gasteiger partial charge in [0.05, 0.1) is 29.0 Å². The van der Waals surface area contributed by atoms with Crippen LogP contribution in [0.1, 0.15) is 37.4 Å². The van der Waals surface area contributed by atoms with Crippen LogP contribution in [0.2, 0.25) is 0 Å². The number of carbonyl (C=O) groups excluding carboxylic acids is 1. The molecule has 0 spiro atoms. The second-order valence-corrected chi connectivity index (χ2v) is 6.86. The first-order valence-corrected chi connectivity index (χ1v) is 9.38. The molecule has 0 aliphatic carbocycles. The van der Waals surface area contributed by atoms with Gasteiger partial charge in [-0.05, 0) is 43.5 Å². The molecular formula is C21H22N4O2. The van der Waals surface area contributed by atoms with E-state index in [-0.39, 0.29) is 17.5 Å². The van der Waals surface area contributed by atoms with Crippen molar-refractivity contribution in [1.29, 1.82) is 0 Å². The minimum absolute atomic E-state index is 0.0550. The number of nitrogens with zero attached hydrogens (tertiary/aromatic N) is 4. The van der Waals surface area contributed by atoms with Crippen molar-refractivity contribution in [3.05, 3.63) is 71.0 Å². The molecule has 2 aromatic heterocycles. The van der Waals surface area contributed by atoms with E-state index in [0.717, 1.165) is 25.1 Å². The van der Waals surface area contributed by atoms with Crippen molar-refractivity contribution in [1.82, 2.24) is 19.4 Å². The molecular weight excluding hydrogens is 340 g/mol. The summed E-state index contributed by atoms with van der Waals surface area (Å²) in [7, 11) is 0. The van der Waals surface area contributed by atoms with Crippen LogP contribution in [-0.2, 0) is 11.3 Å². The van der Waals surface area contributed by atoms with Crippen molar-refractivity contribution in [2.75, 3.05) is 6.54 Å². The van der Waals surface area contributed by atoms with Gasteiger partial charge in [-0.3, -0.25) is 19.1 Å². The largest absolute Gasteiger partial charge is 0.334 e. The second-order valence-electron chi connectivity index (χ2n) is 6.86. The summed E-state index contributed by atoms with van der Waals surface area (Å²) in [5.74, 6) is 0.130. The lowest BCUT2D eigenvalue weighted by molar-refractivity contribution is -0.132. The van der Waals surface area contributed by atoms with Gasteiger partial charge in [0.15, 0.2) is 0 Å². The maximum absolute atomic E-state index is 12.7. The Kier molecular flexibility index (Phi) is 4.96. The van der Waals surface area contributed by atoms with Gasteiger partial charge in [0.1, 0.15) is 0 Å². The molecule has 0 bridgehead atoms. The molecule has 138 valence electrons. The summed E-state index contributed by atoms with van der Waals surface area (Å²) >= 11 is 0. The number of fused-ring (bicyclic) bond motifs is 1. The lowest BCUT2D eigenvalue weighted by Gasteiger charge is -2.24. The number of amides is 1. The standard InChI is InChI=1S/C21H22N4O2/c26-20(25-14-5-10-19(25)18-9-3-4-12-22-18)11-6-13-24-15-23-17-8-2-1-7-16(17)21(24)27/h1-4,7-9,12,15,19H,5-6,10-11,13-14H2/t19-/m0/s1. The number of pyridine rings is 1. The highest BCUT2D eigenvalue weighted by Gasteiger charge is 2.30. The van der Waals surface area contributed by atoms with E-state index < -0.39 is 0 Å². The zero-order valence-corrected chi connectivity index (χ0v) is 15.1. The Morgan fingerprint density at radius 3 is 2.81 bits per heavy atom. The smallest absolute Gasteiger partial charge is 0.261 e. The Morgan fingerprint density at radius 2 is 1.96 bits per heavy atom. The van der Waals surface area contributed by atoms with Crippen LogP contribution < -0.4 is 5.56 Å². The number of rotatable bonds is 5. The van der Waals surface area contributed by atoms with Crippen molar-refractivity contribution < 1.29 is 4.79 Å². The second kappa shape index (κ2) is 7.70. The van der Waals surface area contributed by atoms with Crippen molar-refractivity contribution in [3.63, 3.8) is 0 Å². The highest BCUT2D eigenvalue weighted by atomic mass is 16.2. The minimum Gasteiger partial charge on any atom is -0.334 e. The summed E-state index contributed by atoms with van der Waals surface area (Å²) in [5.41, 5.74) is 1.60. The Bertz CT molecular complexity index is 1000. The van der Waals surface area contributed by atoms with E-state index >= 15 is 0 Å². The van der Waals surface area contributed by atoms with E-state index in [1.54, 1.807) is 23.2 Å². The number of likely N-dealkylation sites (tertiary alicyclic amines) is 1. The summed E-state index contributed by atoms with van der Waals surface area (Å²) in [6, 6.07) is 13.2. The van der Waals surface area contributed by atoms with Gasteiger partial charge in [-0.2, -0.15) is 0 Å². The first kappa shape index (κ1) is 17.4. The van der Waals surface area contributed by atoms with Gasteiger partial charge in [0, 0.05) is 25.7 Å². The predicted octanol–water partition coefficient (Wildman–Crippen LogP) is 2.94. The third-order valence-corrected chi connectivity index (χ3v) is 5.12. The van der Waals surface area contributed by atoms with Crippen molar-refractivity contribution >= 4 is 16.8 Å². The SMILES string of the molecule is O=C(CCCn1cnc2ccccc2c1=O)N1CCC[C@H]1c1ccccn1. The van der Waals surface area contributed by atoms with Gasteiger partial charge in [-0.15, -0.1) is 0 Å². The van der Waals surface area contributed by atoms with Gasteiger partial charge < -0.3 is 4.90 Å². The average molecular weight is 362 g/mol. The molecule has 1 fully saturated rings. The summed E-state index contributed by atoms with van der Waals surface area (Å²) in [5, 5.41) is 0.612. The third-order valence-electron chi connectivity index (χ3n) is 5.12. The van der Waals surface area contributed by atoms with Crippen LogP contribution in [0, 0.1) is 0 Å². The number of carbonyl (C=O) groups is 1. The molecule has 1 amide bonds. The molecule has 1 aliphatic rings. The monoisotopic (exact) mass is 362 g/mol. The van der Waals surface area contributed by atoms with E-state index in [1.165, 1.54) is 0 Å². The van der Waals surface area contributed by atoms with E-state index in [4.69, 9.17) is 0 Å². The molecule has 1 aromatic carbocycles. The minimum atomic E-state index is -0.0550. The number of para-hydroxylation sites is 1. The van der Waals surface area contributed by atoms with Crippen molar-refractivity contribution in [2.24, 2.45) is 0 Å². The number of aryl methyl sites for hydroxylation is 1. The van der Waals surface area contributed by atoms with Crippen molar-refractivity contribution in [2.45, 2.75) is 38.3 Å². The average Bonchev–Trinajstić information content (AvgIpc) is 3.20. The van der Waals surface area contributed by atoms with E-state index in [1.807, 2.05) is 41.3 Å². The summed E-state index contributed by atoms with van der Waals surface area (Å²) in [6.45, 7) is 1.27. The molecule has 1 saturated heterocycles. The Hall–Kier alpha value is -3.02. The maximum Gasteiger partial charge on any atom is 0.261 e. The first-order valence-electron chi connectivity index (χ1n) is 9.38. The molecule has 4 rings (SSSR count). The lowest BCUT2D eigenvalue weighted by Crippen LogP contribution is -2.31. The topological polar surface area (TPSA) is 68.1 Å². The van der Waals surface area contributed by atoms with Crippen LogP contribution in [0.3, 0.4) is 0 Å². The number of hydrogen-bond acceptors (Lipinski definition) is 4. The molecule has 3 heterocycles. The van der Waals surface area contributed by atoms with Gasteiger partial charge in [-0.25, -0.2) is 4.98 Å². The molecule has 6 nitrogen and oxygen atoms in total. The zero-order chi connectivity index (χ0) is 18.6. The number of hydrogen-bond donors (Lipinski definition) is 0. The molecule has 1 atom stereocenters. The Morgan fingerprint density at radius 1 is 1.11 bits per heavy atom.